The normalized spacial score (nSPS) is 9.45. The Morgan fingerprint density at radius 3 is 2.45 bits per heavy atom. The number of anilines is 1. The summed E-state index contributed by atoms with van der Waals surface area (Å²) in [7, 11) is 0. The van der Waals surface area contributed by atoms with Crippen LogP contribution >= 0.6 is 0 Å². The molecule has 0 heterocycles. The van der Waals surface area contributed by atoms with Crippen LogP contribution < -0.4 is 11.5 Å². The summed E-state index contributed by atoms with van der Waals surface area (Å²) in [5.74, 6) is -0.0807. The summed E-state index contributed by atoms with van der Waals surface area (Å²) in [6, 6.07) is 4.31. The van der Waals surface area contributed by atoms with Gasteiger partial charge in [-0.3, -0.25) is 5.41 Å². The minimum absolute atomic E-state index is 0.0233. The van der Waals surface area contributed by atoms with E-state index in [1.165, 1.54) is 18.2 Å². The Morgan fingerprint density at radius 1 is 1.36 bits per heavy atom. The zero-order valence-electron chi connectivity index (χ0n) is 5.83. The van der Waals surface area contributed by atoms with E-state index in [4.69, 9.17) is 22.0 Å². The molecule has 0 spiro atoms. The zero-order chi connectivity index (χ0) is 8.43. The fourth-order valence-electron chi connectivity index (χ4n) is 0.790. The average Bonchev–Trinajstić information content (AvgIpc) is 1.85. The van der Waals surface area contributed by atoms with Crippen LogP contribution in [0.2, 0.25) is 0 Å². The quantitative estimate of drug-likeness (QED) is 0.263. The van der Waals surface area contributed by atoms with E-state index in [9.17, 15) is 0 Å². The van der Waals surface area contributed by atoms with Crippen molar-refractivity contribution in [3.63, 3.8) is 0 Å². The van der Waals surface area contributed by atoms with Crippen LogP contribution in [0.1, 0.15) is 5.56 Å². The molecule has 58 valence electrons. The number of amidine groups is 1. The smallest absolute Gasteiger partial charge is 0.122 e. The SMILES string of the molecule is N=C(N)c1cc(N)cc(O)c1. The fourth-order valence-corrected chi connectivity index (χ4v) is 0.790. The molecule has 0 saturated heterocycles. The highest BCUT2D eigenvalue weighted by Crippen LogP contribution is 2.16. The molecule has 0 aliphatic heterocycles. The van der Waals surface area contributed by atoms with Crippen LogP contribution in [0, 0.1) is 5.41 Å². The topological polar surface area (TPSA) is 96.1 Å². The lowest BCUT2D eigenvalue weighted by Gasteiger charge is -2.00. The number of phenols is 1. The van der Waals surface area contributed by atoms with Gasteiger partial charge in [0.05, 0.1) is 0 Å². The Morgan fingerprint density at radius 2 is 2.00 bits per heavy atom. The van der Waals surface area contributed by atoms with Crippen molar-refractivity contribution in [2.24, 2.45) is 5.73 Å². The van der Waals surface area contributed by atoms with E-state index in [0.717, 1.165) is 0 Å². The number of phenolic OH excluding ortho intramolecular Hbond substituents is 1. The summed E-state index contributed by atoms with van der Waals surface area (Å²) in [5.41, 5.74) is 11.4. The second-order valence-electron chi connectivity index (χ2n) is 2.23. The summed E-state index contributed by atoms with van der Waals surface area (Å²) in [6.45, 7) is 0. The number of nitrogens with two attached hydrogens (primary N) is 2. The van der Waals surface area contributed by atoms with Gasteiger partial charge in [-0.2, -0.15) is 0 Å². The maximum absolute atomic E-state index is 9.01. The molecule has 1 aromatic rings. The standard InChI is InChI=1S/C7H9N3O/c8-5-1-4(7(9)10)2-6(11)3-5/h1-3,11H,8H2,(H3,9,10). The molecule has 1 aromatic carbocycles. The van der Waals surface area contributed by atoms with Crippen LogP contribution in [0.15, 0.2) is 18.2 Å². The number of hydrogen-bond acceptors (Lipinski definition) is 3. The summed E-state index contributed by atoms with van der Waals surface area (Å²) >= 11 is 0. The first kappa shape index (κ1) is 7.40. The molecule has 11 heavy (non-hydrogen) atoms. The molecule has 0 atom stereocenters. The number of hydrogen-bond donors (Lipinski definition) is 4. The summed E-state index contributed by atoms with van der Waals surface area (Å²) in [6.07, 6.45) is 0. The third-order valence-electron chi connectivity index (χ3n) is 1.25. The largest absolute Gasteiger partial charge is 0.508 e. The van der Waals surface area contributed by atoms with Crippen LogP contribution in [-0.4, -0.2) is 10.9 Å². The van der Waals surface area contributed by atoms with Crippen molar-refractivity contribution in [3.8, 4) is 5.75 Å². The molecule has 4 heteroatoms. The van der Waals surface area contributed by atoms with Crippen molar-refractivity contribution in [2.75, 3.05) is 5.73 Å². The first-order chi connectivity index (χ1) is 5.09. The molecule has 1 rings (SSSR count). The minimum atomic E-state index is -0.104. The minimum Gasteiger partial charge on any atom is -0.508 e. The van der Waals surface area contributed by atoms with E-state index < -0.39 is 0 Å². The Labute approximate surface area is 64.0 Å². The molecule has 0 bridgehead atoms. The molecule has 0 saturated carbocycles. The Balaban J connectivity index is 3.19. The molecule has 0 aliphatic carbocycles. The van der Waals surface area contributed by atoms with Crippen LogP contribution in [0.4, 0.5) is 5.69 Å². The van der Waals surface area contributed by atoms with E-state index in [2.05, 4.69) is 0 Å². The number of rotatable bonds is 1. The molecule has 0 unspecified atom stereocenters. The van der Waals surface area contributed by atoms with Crippen molar-refractivity contribution in [1.29, 1.82) is 5.41 Å². The van der Waals surface area contributed by atoms with E-state index in [1.54, 1.807) is 0 Å². The van der Waals surface area contributed by atoms with Gasteiger partial charge in [0.15, 0.2) is 0 Å². The molecule has 0 fully saturated rings. The van der Waals surface area contributed by atoms with Gasteiger partial charge in [0, 0.05) is 17.3 Å². The number of benzene rings is 1. The van der Waals surface area contributed by atoms with Gasteiger partial charge in [0.2, 0.25) is 0 Å². The molecule has 0 aromatic heterocycles. The molecule has 4 nitrogen and oxygen atoms in total. The number of nitrogens with one attached hydrogen (secondary N) is 1. The molecule has 0 amide bonds. The zero-order valence-corrected chi connectivity index (χ0v) is 5.83. The van der Waals surface area contributed by atoms with Gasteiger partial charge in [-0.05, 0) is 12.1 Å². The molecule has 0 aliphatic rings. The summed E-state index contributed by atoms with van der Waals surface area (Å²) in [4.78, 5) is 0. The highest BCUT2D eigenvalue weighted by Gasteiger charge is 1.98. The lowest BCUT2D eigenvalue weighted by atomic mass is 10.2. The Bertz CT molecular complexity index is 275. The predicted octanol–water partition coefficient (Wildman–Crippen LogP) is 0.258. The molecule has 6 N–H and O–H groups in total. The molecular weight excluding hydrogens is 142 g/mol. The number of aromatic hydroxyl groups is 1. The van der Waals surface area contributed by atoms with Crippen LogP contribution in [0.5, 0.6) is 5.75 Å². The van der Waals surface area contributed by atoms with Gasteiger partial charge in [-0.1, -0.05) is 0 Å². The highest BCUT2D eigenvalue weighted by atomic mass is 16.3. The lowest BCUT2D eigenvalue weighted by molar-refractivity contribution is 0.475. The van der Waals surface area contributed by atoms with Gasteiger partial charge < -0.3 is 16.6 Å². The Kier molecular flexibility index (Phi) is 1.68. The van der Waals surface area contributed by atoms with E-state index >= 15 is 0 Å². The van der Waals surface area contributed by atoms with Gasteiger partial charge in [0.25, 0.3) is 0 Å². The second kappa shape index (κ2) is 2.49. The predicted molar refractivity (Wildman–Crippen MR) is 43.5 cm³/mol. The molecule has 0 radical (unpaired) electrons. The monoisotopic (exact) mass is 151 g/mol. The summed E-state index contributed by atoms with van der Waals surface area (Å²) < 4.78 is 0. The number of nitrogen functional groups attached to an aromatic ring is 2. The van der Waals surface area contributed by atoms with E-state index in [-0.39, 0.29) is 11.6 Å². The van der Waals surface area contributed by atoms with Gasteiger partial charge in [-0.25, -0.2) is 0 Å². The van der Waals surface area contributed by atoms with E-state index in [0.29, 0.717) is 11.3 Å². The molecular formula is C7H9N3O. The van der Waals surface area contributed by atoms with Crippen molar-refractivity contribution in [3.05, 3.63) is 23.8 Å². The maximum Gasteiger partial charge on any atom is 0.122 e. The van der Waals surface area contributed by atoms with E-state index in [1.807, 2.05) is 0 Å². The Hall–Kier alpha value is -1.71. The summed E-state index contributed by atoms with van der Waals surface area (Å²) in [5, 5.41) is 16.1. The first-order valence-corrected chi connectivity index (χ1v) is 3.03. The fraction of sp³-hybridized carbons (Fsp3) is 0. The van der Waals surface area contributed by atoms with Crippen LogP contribution in [0.3, 0.4) is 0 Å². The first-order valence-electron chi connectivity index (χ1n) is 3.03. The third kappa shape index (κ3) is 1.61. The van der Waals surface area contributed by atoms with Crippen molar-refractivity contribution >= 4 is 11.5 Å². The maximum atomic E-state index is 9.01. The van der Waals surface area contributed by atoms with Gasteiger partial charge in [0.1, 0.15) is 11.6 Å². The van der Waals surface area contributed by atoms with Crippen molar-refractivity contribution in [2.45, 2.75) is 0 Å². The van der Waals surface area contributed by atoms with Crippen LogP contribution in [0.25, 0.3) is 0 Å². The van der Waals surface area contributed by atoms with Crippen molar-refractivity contribution in [1.82, 2.24) is 0 Å². The highest BCUT2D eigenvalue weighted by molar-refractivity contribution is 5.96. The van der Waals surface area contributed by atoms with Crippen LogP contribution in [-0.2, 0) is 0 Å². The second-order valence-corrected chi connectivity index (χ2v) is 2.23. The average molecular weight is 151 g/mol. The van der Waals surface area contributed by atoms with Crippen molar-refractivity contribution < 1.29 is 5.11 Å². The third-order valence-corrected chi connectivity index (χ3v) is 1.25. The van der Waals surface area contributed by atoms with Gasteiger partial charge in [-0.15, -0.1) is 0 Å². The van der Waals surface area contributed by atoms with Gasteiger partial charge >= 0.3 is 0 Å². The lowest BCUT2D eigenvalue weighted by Crippen LogP contribution is -2.11.